The van der Waals surface area contributed by atoms with E-state index in [0.717, 1.165) is 24.7 Å². The van der Waals surface area contributed by atoms with Gasteiger partial charge in [-0.15, -0.1) is 0 Å². The highest BCUT2D eigenvalue weighted by atomic mass is 16.5. The van der Waals surface area contributed by atoms with Gasteiger partial charge >= 0.3 is 5.97 Å². The number of ether oxygens (including phenoxy) is 1. The largest absolute Gasteiger partial charge is 0.469 e. The zero-order valence-corrected chi connectivity index (χ0v) is 14.9. The second-order valence-electron chi connectivity index (χ2n) is 7.64. The highest BCUT2D eigenvalue weighted by Gasteiger charge is 2.43. The molecule has 0 unspecified atom stereocenters. The molecule has 0 aliphatic heterocycles. The van der Waals surface area contributed by atoms with Crippen LogP contribution in [0, 0.1) is 29.6 Å². The molecule has 0 saturated heterocycles. The zero-order chi connectivity index (χ0) is 16.1. The Balaban J connectivity index is 2.17. The summed E-state index contributed by atoms with van der Waals surface area (Å²) in [5.41, 5.74) is 1.53. The first-order chi connectivity index (χ1) is 10.6. The van der Waals surface area contributed by atoms with Crippen LogP contribution in [0.5, 0.6) is 0 Å². The summed E-state index contributed by atoms with van der Waals surface area (Å²) >= 11 is 0. The van der Waals surface area contributed by atoms with Crippen LogP contribution in [0.4, 0.5) is 0 Å². The average Bonchev–Trinajstić information content (AvgIpc) is 2.52. The summed E-state index contributed by atoms with van der Waals surface area (Å²) in [6.07, 6.45) is 12.1. The molecule has 0 aromatic carbocycles. The monoisotopic (exact) mass is 306 g/mol. The van der Waals surface area contributed by atoms with Crippen LogP contribution in [0.25, 0.3) is 0 Å². The number of allylic oxidation sites excluding steroid dienone is 2. The van der Waals surface area contributed by atoms with Gasteiger partial charge in [0.25, 0.3) is 0 Å². The topological polar surface area (TPSA) is 26.3 Å². The van der Waals surface area contributed by atoms with Gasteiger partial charge in [0.15, 0.2) is 0 Å². The lowest BCUT2D eigenvalue weighted by molar-refractivity contribution is -0.149. The number of unbranched alkanes of at least 4 members (excludes halogenated alkanes) is 2. The number of hydrogen-bond acceptors (Lipinski definition) is 2. The van der Waals surface area contributed by atoms with Gasteiger partial charge < -0.3 is 4.74 Å². The summed E-state index contributed by atoms with van der Waals surface area (Å²) in [5.74, 6) is 2.83. The molecule has 2 heteroatoms. The molecule has 2 aliphatic rings. The molecule has 1 saturated carbocycles. The maximum absolute atomic E-state index is 12.4. The first kappa shape index (κ1) is 17.6. The Morgan fingerprint density at radius 1 is 1.32 bits per heavy atom. The van der Waals surface area contributed by atoms with Crippen molar-refractivity contribution < 1.29 is 9.53 Å². The predicted octanol–water partition coefficient (Wildman–Crippen LogP) is 5.37. The Morgan fingerprint density at radius 2 is 2.09 bits per heavy atom. The van der Waals surface area contributed by atoms with Gasteiger partial charge in [-0.05, 0) is 56.3 Å². The van der Waals surface area contributed by atoms with Crippen molar-refractivity contribution in [1.82, 2.24) is 0 Å². The van der Waals surface area contributed by atoms with Crippen molar-refractivity contribution in [3.05, 3.63) is 11.6 Å². The van der Waals surface area contributed by atoms with Gasteiger partial charge in [-0.2, -0.15) is 0 Å². The molecule has 0 heterocycles. The third-order valence-electron chi connectivity index (χ3n) is 6.16. The van der Waals surface area contributed by atoms with Crippen LogP contribution < -0.4 is 0 Å². The number of carbonyl (C=O) groups excluding carboxylic acids is 1. The molecule has 0 N–H and O–H groups in total. The minimum atomic E-state index is 0.0334. The standard InChI is InChI=1S/C20H34O2/c1-5-6-7-8-18(20(21)22-4)17-12-10-15(3)16-11-9-14(2)13-19(16)17/h13,15-19H,5-12H2,1-4H3/t15-,16+,17+,18+,19+/m1/s1. The summed E-state index contributed by atoms with van der Waals surface area (Å²) < 4.78 is 5.17. The molecule has 1 fully saturated rings. The Labute approximate surface area is 136 Å². The summed E-state index contributed by atoms with van der Waals surface area (Å²) in [6, 6.07) is 0. The first-order valence-corrected chi connectivity index (χ1v) is 9.33. The molecular formula is C20H34O2. The van der Waals surface area contributed by atoms with E-state index in [1.54, 1.807) is 7.11 Å². The fraction of sp³-hybridized carbons (Fsp3) is 0.850. The SMILES string of the molecule is CCCCC[C@H](C(=O)OC)[C@@H]1CC[C@@H](C)[C@@H]2CCC(C)=C[C@@H]21. The number of fused-ring (bicyclic) bond motifs is 1. The summed E-state index contributed by atoms with van der Waals surface area (Å²) in [7, 11) is 1.56. The van der Waals surface area contributed by atoms with E-state index in [-0.39, 0.29) is 11.9 Å². The van der Waals surface area contributed by atoms with Gasteiger partial charge in [-0.1, -0.05) is 51.2 Å². The molecule has 0 bridgehead atoms. The summed E-state index contributed by atoms with van der Waals surface area (Å²) in [6.45, 7) is 6.89. The molecule has 2 aliphatic carbocycles. The third-order valence-corrected chi connectivity index (χ3v) is 6.16. The number of rotatable bonds is 6. The van der Waals surface area contributed by atoms with Gasteiger partial charge in [0, 0.05) is 0 Å². The van der Waals surface area contributed by atoms with Gasteiger partial charge in [-0.3, -0.25) is 4.79 Å². The van der Waals surface area contributed by atoms with Crippen LogP contribution in [0.15, 0.2) is 11.6 Å². The zero-order valence-electron chi connectivity index (χ0n) is 14.9. The van der Waals surface area contributed by atoms with E-state index in [1.807, 2.05) is 0 Å². The minimum Gasteiger partial charge on any atom is -0.469 e. The summed E-state index contributed by atoms with van der Waals surface area (Å²) in [4.78, 5) is 12.4. The van der Waals surface area contributed by atoms with Crippen molar-refractivity contribution >= 4 is 5.97 Å². The summed E-state index contributed by atoms with van der Waals surface area (Å²) in [5, 5.41) is 0. The normalized spacial score (nSPS) is 32.8. The Hall–Kier alpha value is -0.790. The number of esters is 1. The molecular weight excluding hydrogens is 272 g/mol. The molecule has 0 amide bonds. The Kier molecular flexibility index (Phi) is 6.52. The fourth-order valence-electron chi connectivity index (χ4n) is 4.83. The molecule has 0 aromatic heterocycles. The number of carbonyl (C=O) groups is 1. The van der Waals surface area contributed by atoms with Gasteiger partial charge in [0.05, 0.1) is 13.0 Å². The molecule has 0 spiro atoms. The van der Waals surface area contributed by atoms with Crippen LogP contribution in [0.3, 0.4) is 0 Å². The molecule has 0 radical (unpaired) electrons. The van der Waals surface area contributed by atoms with Crippen molar-refractivity contribution in [3.63, 3.8) is 0 Å². The van der Waals surface area contributed by atoms with E-state index in [9.17, 15) is 4.79 Å². The molecule has 126 valence electrons. The molecule has 5 atom stereocenters. The first-order valence-electron chi connectivity index (χ1n) is 9.33. The lowest BCUT2D eigenvalue weighted by atomic mass is 9.59. The highest BCUT2D eigenvalue weighted by Crippen LogP contribution is 2.49. The predicted molar refractivity (Wildman–Crippen MR) is 91.5 cm³/mol. The number of hydrogen-bond donors (Lipinski definition) is 0. The van der Waals surface area contributed by atoms with Crippen molar-refractivity contribution in [2.45, 2.75) is 72.1 Å². The second kappa shape index (κ2) is 8.17. The number of methoxy groups -OCH3 is 1. The van der Waals surface area contributed by atoms with Crippen LogP contribution in [0.2, 0.25) is 0 Å². The minimum absolute atomic E-state index is 0.0334. The van der Waals surface area contributed by atoms with Crippen LogP contribution in [0.1, 0.15) is 72.1 Å². The molecule has 2 nitrogen and oxygen atoms in total. The van der Waals surface area contributed by atoms with Crippen molar-refractivity contribution in [2.75, 3.05) is 7.11 Å². The average molecular weight is 306 g/mol. The fourth-order valence-corrected chi connectivity index (χ4v) is 4.83. The van der Waals surface area contributed by atoms with E-state index >= 15 is 0 Å². The van der Waals surface area contributed by atoms with E-state index in [2.05, 4.69) is 26.8 Å². The van der Waals surface area contributed by atoms with Crippen LogP contribution in [-0.4, -0.2) is 13.1 Å². The van der Waals surface area contributed by atoms with E-state index in [4.69, 9.17) is 4.74 Å². The third kappa shape index (κ3) is 3.94. The van der Waals surface area contributed by atoms with Crippen LogP contribution >= 0.6 is 0 Å². The second-order valence-corrected chi connectivity index (χ2v) is 7.64. The Bertz CT molecular complexity index is 399. The van der Waals surface area contributed by atoms with Gasteiger partial charge in [0.1, 0.15) is 0 Å². The van der Waals surface area contributed by atoms with E-state index in [1.165, 1.54) is 44.1 Å². The smallest absolute Gasteiger partial charge is 0.308 e. The Morgan fingerprint density at radius 3 is 2.77 bits per heavy atom. The van der Waals surface area contributed by atoms with Crippen molar-refractivity contribution in [1.29, 1.82) is 0 Å². The van der Waals surface area contributed by atoms with E-state index in [0.29, 0.717) is 11.8 Å². The maximum atomic E-state index is 12.4. The highest BCUT2D eigenvalue weighted by molar-refractivity contribution is 5.72. The lowest BCUT2D eigenvalue weighted by Gasteiger charge is -2.45. The lowest BCUT2D eigenvalue weighted by Crippen LogP contribution is -2.40. The maximum Gasteiger partial charge on any atom is 0.308 e. The molecule has 0 aromatic rings. The van der Waals surface area contributed by atoms with Crippen molar-refractivity contribution in [2.24, 2.45) is 29.6 Å². The molecule has 22 heavy (non-hydrogen) atoms. The quantitative estimate of drug-likeness (QED) is 0.374. The van der Waals surface area contributed by atoms with Crippen LogP contribution in [-0.2, 0) is 9.53 Å². The van der Waals surface area contributed by atoms with Gasteiger partial charge in [0.2, 0.25) is 0 Å². The molecule has 2 rings (SSSR count). The van der Waals surface area contributed by atoms with E-state index < -0.39 is 0 Å². The van der Waals surface area contributed by atoms with Crippen molar-refractivity contribution in [3.8, 4) is 0 Å². The van der Waals surface area contributed by atoms with Gasteiger partial charge in [-0.25, -0.2) is 0 Å².